The van der Waals surface area contributed by atoms with E-state index in [2.05, 4.69) is 4.98 Å². The largest absolute Gasteiger partial charge is 0.368 e. The highest BCUT2D eigenvalue weighted by Gasteiger charge is 2.36. The van der Waals surface area contributed by atoms with Crippen LogP contribution < -0.4 is 0 Å². The Morgan fingerprint density at radius 1 is 1.23 bits per heavy atom. The molecule has 1 atom stereocenters. The molecule has 0 N–H and O–H groups in total. The molecule has 1 amide bonds. The molecule has 0 bridgehead atoms. The van der Waals surface area contributed by atoms with Crippen LogP contribution in [0.4, 0.5) is 0 Å². The number of halogens is 1. The minimum absolute atomic E-state index is 0.0336. The van der Waals surface area contributed by atoms with E-state index in [0.29, 0.717) is 25.3 Å². The second-order valence-corrected chi connectivity index (χ2v) is 8.58. The fourth-order valence-corrected chi connectivity index (χ4v) is 5.44. The molecule has 2 aromatic rings. The highest BCUT2D eigenvalue weighted by Crippen LogP contribution is 2.26. The molecule has 2 aliphatic rings. The summed E-state index contributed by atoms with van der Waals surface area (Å²) in [5.41, 5.74) is 0.475. The molecule has 26 heavy (non-hydrogen) atoms. The zero-order valence-corrected chi connectivity index (χ0v) is 15.6. The monoisotopic (exact) mass is 398 g/mol. The number of fused-ring (bicyclic) bond motifs is 1. The van der Waals surface area contributed by atoms with Crippen LogP contribution in [0.3, 0.4) is 0 Å². The van der Waals surface area contributed by atoms with Gasteiger partial charge in [0.05, 0.1) is 0 Å². The minimum atomic E-state index is -3.81. The number of nitrogens with zero attached hydrogens (tertiary/aromatic N) is 4. The third-order valence-electron chi connectivity index (χ3n) is 4.79. The van der Waals surface area contributed by atoms with E-state index < -0.39 is 10.0 Å². The number of piperazine rings is 1. The molecule has 0 radical (unpaired) electrons. The molecule has 4 rings (SSSR count). The van der Waals surface area contributed by atoms with Crippen LogP contribution in [0.15, 0.2) is 29.4 Å². The van der Waals surface area contributed by atoms with Gasteiger partial charge in [-0.05, 0) is 25.0 Å². The number of rotatable bonds is 3. The van der Waals surface area contributed by atoms with Crippen molar-refractivity contribution in [3.05, 3.63) is 29.5 Å². The first-order valence-electron chi connectivity index (χ1n) is 8.51. The van der Waals surface area contributed by atoms with E-state index in [4.69, 9.17) is 16.3 Å². The number of aromatic nitrogens is 2. The Labute approximate surface area is 156 Å². The zero-order valence-electron chi connectivity index (χ0n) is 14.0. The van der Waals surface area contributed by atoms with Gasteiger partial charge in [0.15, 0.2) is 10.2 Å². The van der Waals surface area contributed by atoms with Crippen LogP contribution >= 0.6 is 11.6 Å². The average Bonchev–Trinajstić information content (AvgIpc) is 3.28. The number of imidazole rings is 1. The third kappa shape index (κ3) is 2.98. The molecular formula is C16H19ClN4O4S. The number of sulfonamides is 1. The van der Waals surface area contributed by atoms with Crippen LogP contribution in [-0.4, -0.2) is 71.8 Å². The number of amides is 1. The molecule has 140 valence electrons. The van der Waals surface area contributed by atoms with Crippen molar-refractivity contribution >= 4 is 33.2 Å². The number of hydrogen-bond donors (Lipinski definition) is 0. The zero-order chi connectivity index (χ0) is 18.3. The summed E-state index contributed by atoms with van der Waals surface area (Å²) in [4.78, 5) is 18.2. The van der Waals surface area contributed by atoms with Gasteiger partial charge in [0.25, 0.3) is 15.9 Å². The van der Waals surface area contributed by atoms with Crippen LogP contribution in [-0.2, 0) is 19.6 Å². The topological polar surface area (TPSA) is 84.2 Å². The Bertz CT molecular complexity index is 931. The minimum Gasteiger partial charge on any atom is -0.368 e. The number of carbonyl (C=O) groups is 1. The molecule has 2 aliphatic heterocycles. The van der Waals surface area contributed by atoms with E-state index in [1.165, 1.54) is 8.71 Å². The Morgan fingerprint density at radius 2 is 2.00 bits per heavy atom. The Balaban J connectivity index is 1.53. The lowest BCUT2D eigenvalue weighted by Crippen LogP contribution is -2.52. The van der Waals surface area contributed by atoms with E-state index in [1.807, 2.05) is 0 Å². The van der Waals surface area contributed by atoms with Gasteiger partial charge >= 0.3 is 0 Å². The van der Waals surface area contributed by atoms with Crippen LogP contribution in [0.5, 0.6) is 0 Å². The molecule has 8 nitrogen and oxygen atoms in total. The standard InChI is InChI=1S/C16H19ClN4O4S/c17-14-16(21-6-2-1-5-13(21)18-14)26(23,24)20-9-7-19(8-10-20)15(22)12-4-3-11-25-12/h1-2,5-6,12H,3-4,7-11H2/t12-/m0/s1. The predicted molar refractivity (Wildman–Crippen MR) is 94.5 cm³/mol. The molecule has 2 saturated heterocycles. The predicted octanol–water partition coefficient (Wildman–Crippen LogP) is 1.000. The third-order valence-corrected chi connectivity index (χ3v) is 7.09. The summed E-state index contributed by atoms with van der Waals surface area (Å²) < 4.78 is 34.4. The molecular weight excluding hydrogens is 380 g/mol. The quantitative estimate of drug-likeness (QED) is 0.770. The lowest BCUT2D eigenvalue weighted by molar-refractivity contribution is -0.142. The normalized spacial score (nSPS) is 22.2. The number of ether oxygens (including phenoxy) is 1. The van der Waals surface area contributed by atoms with Crippen molar-refractivity contribution in [2.75, 3.05) is 32.8 Å². The van der Waals surface area contributed by atoms with Gasteiger partial charge in [-0.25, -0.2) is 13.4 Å². The summed E-state index contributed by atoms with van der Waals surface area (Å²) in [5.74, 6) is -0.0487. The second kappa shape index (κ2) is 6.80. The van der Waals surface area contributed by atoms with Crippen LogP contribution in [0, 0.1) is 0 Å². The van der Waals surface area contributed by atoms with Gasteiger partial charge in [0.2, 0.25) is 0 Å². The van der Waals surface area contributed by atoms with Crippen molar-refractivity contribution in [1.82, 2.24) is 18.6 Å². The summed E-state index contributed by atoms with van der Waals surface area (Å²) in [6, 6.07) is 5.19. The van der Waals surface area contributed by atoms with Crippen molar-refractivity contribution in [2.45, 2.75) is 24.0 Å². The van der Waals surface area contributed by atoms with E-state index in [1.54, 1.807) is 29.3 Å². The van der Waals surface area contributed by atoms with E-state index in [-0.39, 0.29) is 35.3 Å². The summed E-state index contributed by atoms with van der Waals surface area (Å²) in [5, 5.41) is -0.0808. The average molecular weight is 399 g/mol. The number of pyridine rings is 1. The van der Waals surface area contributed by atoms with E-state index >= 15 is 0 Å². The highest BCUT2D eigenvalue weighted by atomic mass is 35.5. The second-order valence-electron chi connectivity index (χ2n) is 6.37. The lowest BCUT2D eigenvalue weighted by Gasteiger charge is -2.34. The maximum Gasteiger partial charge on any atom is 0.262 e. The first-order chi connectivity index (χ1) is 12.5. The maximum absolute atomic E-state index is 13.1. The molecule has 0 saturated carbocycles. The van der Waals surface area contributed by atoms with Crippen molar-refractivity contribution < 1.29 is 17.9 Å². The Morgan fingerprint density at radius 3 is 2.69 bits per heavy atom. The lowest BCUT2D eigenvalue weighted by atomic mass is 10.2. The summed E-state index contributed by atoms with van der Waals surface area (Å²) >= 11 is 6.12. The molecule has 2 fully saturated rings. The fourth-order valence-electron chi connectivity index (χ4n) is 3.42. The van der Waals surface area contributed by atoms with Gasteiger partial charge in [-0.2, -0.15) is 4.31 Å². The Hall–Kier alpha value is -1.68. The molecule has 0 aromatic carbocycles. The van der Waals surface area contributed by atoms with Crippen molar-refractivity contribution in [2.24, 2.45) is 0 Å². The molecule has 2 aromatic heterocycles. The van der Waals surface area contributed by atoms with Crippen LogP contribution in [0.2, 0.25) is 5.15 Å². The van der Waals surface area contributed by atoms with Crippen molar-refractivity contribution in [3.8, 4) is 0 Å². The van der Waals surface area contributed by atoms with Crippen molar-refractivity contribution in [1.29, 1.82) is 0 Å². The fraction of sp³-hybridized carbons (Fsp3) is 0.500. The van der Waals surface area contributed by atoms with E-state index in [0.717, 1.165) is 12.8 Å². The molecule has 0 aliphatic carbocycles. The van der Waals surface area contributed by atoms with Crippen LogP contribution in [0.25, 0.3) is 5.65 Å². The highest BCUT2D eigenvalue weighted by molar-refractivity contribution is 7.89. The van der Waals surface area contributed by atoms with Gasteiger partial charge in [0, 0.05) is 39.0 Å². The van der Waals surface area contributed by atoms with Gasteiger partial charge in [-0.3, -0.25) is 9.20 Å². The molecule has 10 heteroatoms. The SMILES string of the molecule is O=C([C@@H]1CCCO1)N1CCN(S(=O)(=O)c2c(Cl)nc3ccccn23)CC1. The van der Waals surface area contributed by atoms with Gasteiger partial charge in [-0.1, -0.05) is 17.7 Å². The summed E-state index contributed by atoms with van der Waals surface area (Å²) in [6.07, 6.45) is 2.86. The van der Waals surface area contributed by atoms with Crippen LogP contribution in [0.1, 0.15) is 12.8 Å². The Kier molecular flexibility index (Phi) is 4.64. The van der Waals surface area contributed by atoms with Gasteiger partial charge in [-0.15, -0.1) is 0 Å². The van der Waals surface area contributed by atoms with Gasteiger partial charge < -0.3 is 9.64 Å². The number of hydrogen-bond acceptors (Lipinski definition) is 5. The van der Waals surface area contributed by atoms with Gasteiger partial charge in [0.1, 0.15) is 11.8 Å². The number of carbonyl (C=O) groups excluding carboxylic acids is 1. The molecule has 4 heterocycles. The molecule has 0 spiro atoms. The molecule has 0 unspecified atom stereocenters. The smallest absolute Gasteiger partial charge is 0.262 e. The first-order valence-corrected chi connectivity index (χ1v) is 10.3. The maximum atomic E-state index is 13.1. The van der Waals surface area contributed by atoms with Crippen molar-refractivity contribution in [3.63, 3.8) is 0 Å². The summed E-state index contributed by atoms with van der Waals surface area (Å²) in [6.45, 7) is 1.73. The first kappa shape index (κ1) is 17.7. The summed E-state index contributed by atoms with van der Waals surface area (Å²) in [7, 11) is -3.81. The van der Waals surface area contributed by atoms with E-state index in [9.17, 15) is 13.2 Å².